The zero-order valence-electron chi connectivity index (χ0n) is 20.5. The van der Waals surface area contributed by atoms with Crippen molar-refractivity contribution in [1.82, 2.24) is 5.32 Å². The maximum atomic E-state index is 12.7. The number of hydrogen-bond donors (Lipinski definition) is 2. The molecule has 0 saturated carbocycles. The molecule has 9 nitrogen and oxygen atoms in total. The SMILES string of the molecule is CCOC(=O)C1=C(C)OC(N)=C(C#N)C1c1ccc(OCC(=O)NCc2ccccc2)c(OCC)c1. The number of benzene rings is 2. The molecule has 2 aromatic rings. The lowest BCUT2D eigenvalue weighted by molar-refractivity contribution is -0.139. The van der Waals surface area contributed by atoms with Crippen LogP contribution in [-0.4, -0.2) is 31.7 Å². The minimum absolute atomic E-state index is 0.0820. The van der Waals surface area contributed by atoms with Crippen LogP contribution in [0.15, 0.2) is 71.3 Å². The Hall–Kier alpha value is -4.45. The maximum Gasteiger partial charge on any atom is 0.338 e. The number of amides is 1. The molecule has 36 heavy (non-hydrogen) atoms. The molecular weight excluding hydrogens is 462 g/mol. The van der Waals surface area contributed by atoms with Gasteiger partial charge in [0.05, 0.1) is 24.7 Å². The summed E-state index contributed by atoms with van der Waals surface area (Å²) in [5.41, 5.74) is 7.77. The number of carbonyl (C=O) groups excluding carboxylic acids is 2. The van der Waals surface area contributed by atoms with Crippen molar-refractivity contribution in [3.8, 4) is 17.6 Å². The van der Waals surface area contributed by atoms with Crippen molar-refractivity contribution in [2.24, 2.45) is 5.73 Å². The van der Waals surface area contributed by atoms with Gasteiger partial charge in [-0.25, -0.2) is 4.79 Å². The Morgan fingerprint density at radius 3 is 2.50 bits per heavy atom. The number of nitrogens with zero attached hydrogens (tertiary/aromatic N) is 1. The molecule has 1 atom stereocenters. The molecule has 0 radical (unpaired) electrons. The fraction of sp³-hybridized carbons (Fsp3) is 0.296. The first kappa shape index (κ1) is 26.2. The summed E-state index contributed by atoms with van der Waals surface area (Å²) in [6.45, 7) is 5.75. The van der Waals surface area contributed by atoms with Crippen molar-refractivity contribution < 1.29 is 28.5 Å². The van der Waals surface area contributed by atoms with Gasteiger partial charge in [-0.1, -0.05) is 36.4 Å². The van der Waals surface area contributed by atoms with Crippen LogP contribution >= 0.6 is 0 Å². The number of nitrogens with one attached hydrogen (secondary N) is 1. The van der Waals surface area contributed by atoms with E-state index in [4.69, 9.17) is 24.7 Å². The van der Waals surface area contributed by atoms with Crippen LogP contribution in [0.3, 0.4) is 0 Å². The number of rotatable bonds is 10. The van der Waals surface area contributed by atoms with Gasteiger partial charge >= 0.3 is 5.97 Å². The van der Waals surface area contributed by atoms with Crippen LogP contribution in [0.5, 0.6) is 11.5 Å². The number of carbonyl (C=O) groups is 2. The number of nitriles is 1. The summed E-state index contributed by atoms with van der Waals surface area (Å²) in [6, 6.07) is 16.6. The molecule has 1 unspecified atom stereocenters. The van der Waals surface area contributed by atoms with Gasteiger partial charge in [-0.3, -0.25) is 4.79 Å². The molecule has 0 spiro atoms. The predicted octanol–water partition coefficient (Wildman–Crippen LogP) is 3.43. The summed E-state index contributed by atoms with van der Waals surface area (Å²) < 4.78 is 22.1. The van der Waals surface area contributed by atoms with Crippen molar-refractivity contribution in [2.75, 3.05) is 19.8 Å². The topological polar surface area (TPSA) is 133 Å². The lowest BCUT2D eigenvalue weighted by atomic mass is 9.83. The molecular formula is C27H29N3O6. The number of ether oxygens (including phenoxy) is 4. The smallest absolute Gasteiger partial charge is 0.338 e. The minimum atomic E-state index is -0.815. The lowest BCUT2D eigenvalue weighted by Gasteiger charge is -2.27. The fourth-order valence-electron chi connectivity index (χ4n) is 3.77. The van der Waals surface area contributed by atoms with Gasteiger partial charge in [-0.2, -0.15) is 5.26 Å². The van der Waals surface area contributed by atoms with Crippen molar-refractivity contribution in [3.63, 3.8) is 0 Å². The molecule has 1 aliphatic rings. The van der Waals surface area contributed by atoms with Crippen molar-refractivity contribution in [1.29, 1.82) is 5.26 Å². The zero-order chi connectivity index (χ0) is 26.1. The van der Waals surface area contributed by atoms with E-state index in [1.807, 2.05) is 43.3 Å². The average molecular weight is 492 g/mol. The second-order valence-corrected chi connectivity index (χ2v) is 7.81. The van der Waals surface area contributed by atoms with Crippen LogP contribution in [0.2, 0.25) is 0 Å². The van der Waals surface area contributed by atoms with Crippen LogP contribution in [0.25, 0.3) is 0 Å². The highest BCUT2D eigenvalue weighted by atomic mass is 16.5. The first-order valence-electron chi connectivity index (χ1n) is 11.5. The number of nitrogens with two attached hydrogens (primary N) is 1. The molecule has 188 valence electrons. The predicted molar refractivity (Wildman–Crippen MR) is 131 cm³/mol. The molecule has 1 aliphatic heterocycles. The molecule has 0 fully saturated rings. The quantitative estimate of drug-likeness (QED) is 0.483. The summed E-state index contributed by atoms with van der Waals surface area (Å²) in [7, 11) is 0. The van der Waals surface area contributed by atoms with E-state index in [-0.39, 0.29) is 41.9 Å². The Kier molecular flexibility index (Phi) is 8.95. The molecule has 9 heteroatoms. The third-order valence-corrected chi connectivity index (χ3v) is 5.39. The molecule has 3 rings (SSSR count). The first-order valence-corrected chi connectivity index (χ1v) is 11.5. The van der Waals surface area contributed by atoms with Crippen molar-refractivity contribution in [3.05, 3.63) is 82.4 Å². The van der Waals surface area contributed by atoms with E-state index < -0.39 is 11.9 Å². The molecule has 3 N–H and O–H groups in total. The van der Waals surface area contributed by atoms with Crippen molar-refractivity contribution >= 4 is 11.9 Å². The summed E-state index contributed by atoms with van der Waals surface area (Å²) in [5.74, 6) is -0.838. The zero-order valence-corrected chi connectivity index (χ0v) is 20.5. The molecule has 0 aromatic heterocycles. The fourth-order valence-corrected chi connectivity index (χ4v) is 3.77. The van der Waals surface area contributed by atoms with E-state index in [1.54, 1.807) is 32.0 Å². The standard InChI is InChI=1S/C27H29N3O6/c1-4-33-22-13-19(25-20(14-28)26(29)36-17(3)24(25)27(32)34-5-2)11-12-21(22)35-16-23(31)30-15-18-9-7-6-8-10-18/h6-13,25H,4-5,15-16,29H2,1-3H3,(H,30,31). The Labute approximate surface area is 210 Å². The number of hydrogen-bond acceptors (Lipinski definition) is 8. The summed E-state index contributed by atoms with van der Waals surface area (Å²) in [5, 5.41) is 12.6. The van der Waals surface area contributed by atoms with Crippen LogP contribution in [0.4, 0.5) is 0 Å². The van der Waals surface area contributed by atoms with Gasteiger partial charge in [0.25, 0.3) is 5.91 Å². The minimum Gasteiger partial charge on any atom is -0.490 e. The number of allylic oxidation sites excluding steroid dienone is 2. The number of esters is 1. The first-order chi connectivity index (χ1) is 17.4. The third kappa shape index (κ3) is 6.16. The second kappa shape index (κ2) is 12.3. The Balaban J connectivity index is 1.84. The van der Waals surface area contributed by atoms with E-state index >= 15 is 0 Å². The van der Waals surface area contributed by atoms with Gasteiger partial charge in [0.2, 0.25) is 5.88 Å². The summed E-state index contributed by atoms with van der Waals surface area (Å²) in [6.07, 6.45) is 0. The van der Waals surface area contributed by atoms with Gasteiger partial charge in [-0.05, 0) is 44.0 Å². The lowest BCUT2D eigenvalue weighted by Crippen LogP contribution is -2.28. The second-order valence-electron chi connectivity index (χ2n) is 7.81. The highest BCUT2D eigenvalue weighted by Gasteiger charge is 2.36. The van der Waals surface area contributed by atoms with E-state index in [0.29, 0.717) is 30.2 Å². The Morgan fingerprint density at radius 2 is 1.83 bits per heavy atom. The van der Waals surface area contributed by atoms with E-state index in [0.717, 1.165) is 5.56 Å². The van der Waals surface area contributed by atoms with Gasteiger partial charge < -0.3 is 30.0 Å². The Bertz CT molecular complexity index is 1210. The summed E-state index contributed by atoms with van der Waals surface area (Å²) >= 11 is 0. The van der Waals surface area contributed by atoms with E-state index in [9.17, 15) is 14.9 Å². The monoisotopic (exact) mass is 491 g/mol. The van der Waals surface area contributed by atoms with Crippen LogP contribution in [0.1, 0.15) is 37.8 Å². The molecule has 2 aromatic carbocycles. The largest absolute Gasteiger partial charge is 0.490 e. The highest BCUT2D eigenvalue weighted by Crippen LogP contribution is 2.42. The van der Waals surface area contributed by atoms with Gasteiger partial charge in [-0.15, -0.1) is 0 Å². The third-order valence-electron chi connectivity index (χ3n) is 5.39. The average Bonchev–Trinajstić information content (AvgIpc) is 2.87. The van der Waals surface area contributed by atoms with E-state index in [1.165, 1.54) is 0 Å². The van der Waals surface area contributed by atoms with E-state index in [2.05, 4.69) is 5.32 Å². The van der Waals surface area contributed by atoms with Crippen LogP contribution < -0.4 is 20.5 Å². The highest BCUT2D eigenvalue weighted by molar-refractivity contribution is 5.92. The van der Waals surface area contributed by atoms with Crippen LogP contribution in [0, 0.1) is 11.3 Å². The molecule has 1 heterocycles. The normalized spacial score (nSPS) is 15.0. The summed E-state index contributed by atoms with van der Waals surface area (Å²) in [4.78, 5) is 25.0. The molecule has 0 saturated heterocycles. The molecule has 0 bridgehead atoms. The van der Waals surface area contributed by atoms with Gasteiger partial charge in [0.1, 0.15) is 17.4 Å². The molecule has 1 amide bonds. The Morgan fingerprint density at radius 1 is 1.08 bits per heavy atom. The van der Waals surface area contributed by atoms with Gasteiger partial charge in [0, 0.05) is 6.54 Å². The maximum absolute atomic E-state index is 12.7. The van der Waals surface area contributed by atoms with Gasteiger partial charge in [0.15, 0.2) is 18.1 Å². The molecule has 0 aliphatic carbocycles. The van der Waals surface area contributed by atoms with Crippen molar-refractivity contribution in [2.45, 2.75) is 33.2 Å². The van der Waals surface area contributed by atoms with Crippen LogP contribution in [-0.2, 0) is 25.6 Å².